The molecule has 0 heterocycles. The molecule has 94 valence electrons. The van der Waals surface area contributed by atoms with Crippen LogP contribution < -0.4 is 5.73 Å². The Balaban J connectivity index is 3.05. The van der Waals surface area contributed by atoms with E-state index in [0.29, 0.717) is 0 Å². The molecule has 0 radical (unpaired) electrons. The minimum Gasteiger partial charge on any atom is -0.369 e. The molecule has 4 nitrogen and oxygen atoms in total. The number of primary amides is 1. The van der Waals surface area contributed by atoms with Gasteiger partial charge in [-0.15, -0.1) is 0 Å². The van der Waals surface area contributed by atoms with Crippen LogP contribution >= 0.6 is 0 Å². The molecule has 0 aliphatic rings. The fraction of sp³-hybridized carbons (Fsp3) is 0.417. The lowest BCUT2D eigenvalue weighted by Crippen LogP contribution is -2.37. The number of hydrogen-bond donors (Lipinski definition) is 1. The number of carbonyl (C=O) groups excluding carboxylic acids is 1. The molecule has 1 aromatic carbocycles. The van der Waals surface area contributed by atoms with Gasteiger partial charge in [-0.3, -0.25) is 4.79 Å². The van der Waals surface area contributed by atoms with E-state index in [-0.39, 0.29) is 10.6 Å². The van der Waals surface area contributed by atoms with E-state index in [1.807, 2.05) is 6.92 Å². The third kappa shape index (κ3) is 3.30. The van der Waals surface area contributed by atoms with Crippen LogP contribution in [-0.4, -0.2) is 20.1 Å². The number of benzene rings is 1. The van der Waals surface area contributed by atoms with E-state index in [1.54, 1.807) is 24.3 Å². The van der Waals surface area contributed by atoms with E-state index in [1.165, 1.54) is 13.8 Å². The summed E-state index contributed by atoms with van der Waals surface area (Å²) >= 11 is 0. The number of amides is 1. The fourth-order valence-electron chi connectivity index (χ4n) is 1.38. The third-order valence-corrected chi connectivity index (χ3v) is 4.69. The van der Waals surface area contributed by atoms with Gasteiger partial charge in [-0.1, -0.05) is 31.5 Å². The average Bonchev–Trinajstić information content (AvgIpc) is 2.16. The second-order valence-corrected chi connectivity index (χ2v) is 6.81. The maximum Gasteiger partial charge on any atom is 0.224 e. The Bertz CT molecular complexity index is 515. The topological polar surface area (TPSA) is 77.2 Å². The molecule has 0 saturated heterocycles. The van der Waals surface area contributed by atoms with Gasteiger partial charge in [-0.2, -0.15) is 0 Å². The zero-order valence-corrected chi connectivity index (χ0v) is 11.0. The Morgan fingerprint density at radius 1 is 1.24 bits per heavy atom. The average molecular weight is 255 g/mol. The number of hydrogen-bond acceptors (Lipinski definition) is 3. The van der Waals surface area contributed by atoms with Crippen molar-refractivity contribution in [1.29, 1.82) is 0 Å². The molecule has 0 atom stereocenters. The molecule has 1 aromatic rings. The van der Waals surface area contributed by atoms with Gasteiger partial charge in [0.15, 0.2) is 9.84 Å². The molecule has 0 fully saturated rings. The first-order valence-corrected chi connectivity index (χ1v) is 6.90. The van der Waals surface area contributed by atoms with E-state index in [2.05, 4.69) is 0 Å². The zero-order valence-electron chi connectivity index (χ0n) is 10.2. The Hall–Kier alpha value is -1.36. The van der Waals surface area contributed by atoms with Crippen LogP contribution in [0.25, 0.3) is 0 Å². The maximum absolute atomic E-state index is 12.1. The molecule has 0 aliphatic carbocycles. The Kier molecular flexibility index (Phi) is 3.62. The van der Waals surface area contributed by atoms with Crippen molar-refractivity contribution in [3.63, 3.8) is 0 Å². The van der Waals surface area contributed by atoms with E-state index >= 15 is 0 Å². The SMILES string of the molecule is Cc1ccc(S(=O)(=O)CC(C)(C)C(N)=O)cc1. The van der Waals surface area contributed by atoms with Crippen LogP contribution in [0.5, 0.6) is 0 Å². The summed E-state index contributed by atoms with van der Waals surface area (Å²) in [6, 6.07) is 6.54. The summed E-state index contributed by atoms with van der Waals surface area (Å²) in [6.07, 6.45) is 0. The second-order valence-electron chi connectivity index (χ2n) is 4.82. The predicted molar refractivity (Wildman–Crippen MR) is 66.2 cm³/mol. The van der Waals surface area contributed by atoms with Crippen LogP contribution in [0.2, 0.25) is 0 Å². The number of nitrogens with two attached hydrogens (primary N) is 1. The van der Waals surface area contributed by atoms with Crippen molar-refractivity contribution in [2.45, 2.75) is 25.7 Å². The van der Waals surface area contributed by atoms with Gasteiger partial charge in [-0.05, 0) is 19.1 Å². The molecule has 0 bridgehead atoms. The predicted octanol–water partition coefficient (Wildman–Crippen LogP) is 1.28. The molecule has 17 heavy (non-hydrogen) atoms. The summed E-state index contributed by atoms with van der Waals surface area (Å²) < 4.78 is 24.1. The van der Waals surface area contributed by atoms with E-state index in [4.69, 9.17) is 5.73 Å². The van der Waals surface area contributed by atoms with Crippen LogP contribution in [0.1, 0.15) is 19.4 Å². The Labute approximate surface area is 102 Å². The van der Waals surface area contributed by atoms with E-state index in [9.17, 15) is 13.2 Å². The van der Waals surface area contributed by atoms with Crippen molar-refractivity contribution in [3.8, 4) is 0 Å². The van der Waals surface area contributed by atoms with Crippen LogP contribution in [0, 0.1) is 12.3 Å². The first-order valence-electron chi connectivity index (χ1n) is 5.24. The van der Waals surface area contributed by atoms with Crippen molar-refractivity contribution in [2.75, 3.05) is 5.75 Å². The fourth-order valence-corrected chi connectivity index (χ4v) is 3.18. The van der Waals surface area contributed by atoms with Gasteiger partial charge in [-0.25, -0.2) is 8.42 Å². The zero-order chi connectivity index (χ0) is 13.3. The molecule has 1 amide bonds. The largest absolute Gasteiger partial charge is 0.369 e. The lowest BCUT2D eigenvalue weighted by molar-refractivity contribution is -0.124. The van der Waals surface area contributed by atoms with Crippen molar-refractivity contribution in [3.05, 3.63) is 29.8 Å². The summed E-state index contributed by atoms with van der Waals surface area (Å²) in [5.41, 5.74) is 5.09. The first kappa shape index (κ1) is 13.7. The molecule has 0 aliphatic heterocycles. The third-order valence-electron chi connectivity index (χ3n) is 2.60. The minimum atomic E-state index is -3.48. The molecule has 0 unspecified atom stereocenters. The summed E-state index contributed by atoms with van der Waals surface area (Å²) in [5, 5.41) is 0. The lowest BCUT2D eigenvalue weighted by atomic mass is 9.96. The first-order chi connectivity index (χ1) is 7.65. The van der Waals surface area contributed by atoms with Gasteiger partial charge in [0.2, 0.25) is 5.91 Å². The number of rotatable bonds is 4. The molecule has 0 spiro atoms. The van der Waals surface area contributed by atoms with Gasteiger partial charge >= 0.3 is 0 Å². The summed E-state index contributed by atoms with van der Waals surface area (Å²) in [5.74, 6) is -0.897. The van der Waals surface area contributed by atoms with Gasteiger partial charge in [0.1, 0.15) is 0 Å². The molecule has 1 rings (SSSR count). The van der Waals surface area contributed by atoms with Crippen LogP contribution in [0.3, 0.4) is 0 Å². The minimum absolute atomic E-state index is 0.220. The molecule has 2 N–H and O–H groups in total. The highest BCUT2D eigenvalue weighted by atomic mass is 32.2. The normalized spacial score (nSPS) is 12.4. The Morgan fingerprint density at radius 2 is 1.71 bits per heavy atom. The number of aryl methyl sites for hydroxylation is 1. The lowest BCUT2D eigenvalue weighted by Gasteiger charge is -2.20. The standard InChI is InChI=1S/C12H17NO3S/c1-9-4-6-10(7-5-9)17(15,16)8-12(2,3)11(13)14/h4-7H,8H2,1-3H3,(H2,13,14). The highest BCUT2D eigenvalue weighted by molar-refractivity contribution is 7.91. The monoisotopic (exact) mass is 255 g/mol. The summed E-state index contributed by atoms with van der Waals surface area (Å²) in [4.78, 5) is 11.4. The second kappa shape index (κ2) is 4.49. The van der Waals surface area contributed by atoms with E-state index in [0.717, 1.165) is 5.56 Å². The molecule has 0 saturated carbocycles. The van der Waals surface area contributed by atoms with Crippen molar-refractivity contribution >= 4 is 15.7 Å². The van der Waals surface area contributed by atoms with Crippen LogP contribution in [0.15, 0.2) is 29.2 Å². The van der Waals surface area contributed by atoms with Gasteiger partial charge in [0.25, 0.3) is 0 Å². The van der Waals surface area contributed by atoms with Crippen molar-refractivity contribution in [1.82, 2.24) is 0 Å². The quantitative estimate of drug-likeness (QED) is 0.880. The van der Waals surface area contributed by atoms with Gasteiger partial charge in [0, 0.05) is 0 Å². The van der Waals surface area contributed by atoms with Crippen molar-refractivity contribution < 1.29 is 13.2 Å². The van der Waals surface area contributed by atoms with Crippen molar-refractivity contribution in [2.24, 2.45) is 11.1 Å². The molecular weight excluding hydrogens is 238 g/mol. The maximum atomic E-state index is 12.1. The Morgan fingerprint density at radius 3 is 2.12 bits per heavy atom. The number of sulfone groups is 1. The highest BCUT2D eigenvalue weighted by Gasteiger charge is 2.32. The highest BCUT2D eigenvalue weighted by Crippen LogP contribution is 2.22. The smallest absolute Gasteiger partial charge is 0.224 e. The van der Waals surface area contributed by atoms with Gasteiger partial charge < -0.3 is 5.73 Å². The van der Waals surface area contributed by atoms with Gasteiger partial charge in [0.05, 0.1) is 16.1 Å². The van der Waals surface area contributed by atoms with Crippen LogP contribution in [0.4, 0.5) is 0 Å². The van der Waals surface area contributed by atoms with Crippen LogP contribution in [-0.2, 0) is 14.6 Å². The summed E-state index contributed by atoms with van der Waals surface area (Å²) in [7, 11) is -3.48. The van der Waals surface area contributed by atoms with E-state index < -0.39 is 21.2 Å². The summed E-state index contributed by atoms with van der Waals surface area (Å²) in [6.45, 7) is 4.94. The number of carbonyl (C=O) groups is 1. The molecule has 0 aromatic heterocycles. The molecular formula is C12H17NO3S. The molecule has 5 heteroatoms.